The predicted octanol–water partition coefficient (Wildman–Crippen LogP) is 5.03. The Morgan fingerprint density at radius 1 is 1.16 bits per heavy atom. The van der Waals surface area contributed by atoms with Gasteiger partial charge >= 0.3 is 6.18 Å². The standard InChI is InChI=1S/C24H18F5N5O2S/c1-3-14-9-20-16(10-18(14)25)17(11-30)23(34(20)22-6-4-5-21(26)32-22)19-8-7-15(12-31-19)37(35,36)33-13(2)24(27,28)29/h4-10,12-13,33H,3H2,1-2H3/t13-/m0/s1. The Hall–Kier alpha value is -3.89. The fourth-order valence-corrected chi connectivity index (χ4v) is 4.96. The molecule has 0 unspecified atom stereocenters. The van der Waals surface area contributed by atoms with Gasteiger partial charge in [-0.25, -0.2) is 17.8 Å². The number of nitrogens with zero attached hydrogens (tertiary/aromatic N) is 4. The van der Waals surface area contributed by atoms with E-state index in [0.29, 0.717) is 24.4 Å². The molecule has 0 radical (unpaired) electrons. The van der Waals surface area contributed by atoms with Crippen LogP contribution in [-0.2, 0) is 16.4 Å². The number of aryl methyl sites for hydroxylation is 1. The van der Waals surface area contributed by atoms with Crippen molar-refractivity contribution < 1.29 is 30.4 Å². The van der Waals surface area contributed by atoms with Crippen molar-refractivity contribution in [3.63, 3.8) is 0 Å². The Balaban J connectivity index is 1.93. The first-order chi connectivity index (χ1) is 17.4. The van der Waals surface area contributed by atoms with Crippen LogP contribution in [0.3, 0.4) is 0 Å². The number of fused-ring (bicyclic) bond motifs is 1. The highest BCUT2D eigenvalue weighted by atomic mass is 32.2. The summed E-state index contributed by atoms with van der Waals surface area (Å²) < 4.78 is 95.0. The van der Waals surface area contributed by atoms with Crippen LogP contribution in [-0.4, -0.2) is 35.2 Å². The molecule has 3 aromatic heterocycles. The molecule has 13 heteroatoms. The molecule has 0 aliphatic heterocycles. The maximum atomic E-state index is 14.7. The molecule has 1 aromatic carbocycles. The van der Waals surface area contributed by atoms with E-state index in [2.05, 4.69) is 9.97 Å². The summed E-state index contributed by atoms with van der Waals surface area (Å²) >= 11 is 0. The van der Waals surface area contributed by atoms with Gasteiger partial charge in [-0.3, -0.25) is 9.55 Å². The minimum absolute atomic E-state index is 0.0279. The minimum Gasteiger partial charge on any atom is -0.291 e. The van der Waals surface area contributed by atoms with Gasteiger partial charge in [0.2, 0.25) is 16.0 Å². The third kappa shape index (κ3) is 4.90. The van der Waals surface area contributed by atoms with E-state index in [1.807, 2.05) is 6.07 Å². The molecule has 192 valence electrons. The van der Waals surface area contributed by atoms with Crippen LogP contribution in [0.1, 0.15) is 25.0 Å². The molecular formula is C24H18F5N5O2S. The molecule has 0 aliphatic rings. The van der Waals surface area contributed by atoms with Gasteiger partial charge in [0.15, 0.2) is 0 Å². The molecule has 1 N–H and O–H groups in total. The molecule has 0 fully saturated rings. The van der Waals surface area contributed by atoms with E-state index in [9.17, 15) is 35.6 Å². The molecule has 0 spiro atoms. The van der Waals surface area contributed by atoms with Crippen molar-refractivity contribution in [1.82, 2.24) is 19.3 Å². The monoisotopic (exact) mass is 535 g/mol. The molecule has 1 atom stereocenters. The van der Waals surface area contributed by atoms with Gasteiger partial charge in [0.1, 0.15) is 28.6 Å². The number of aromatic nitrogens is 3. The van der Waals surface area contributed by atoms with Crippen molar-refractivity contribution in [3.05, 3.63) is 71.6 Å². The number of alkyl halides is 3. The molecule has 7 nitrogen and oxygen atoms in total. The summed E-state index contributed by atoms with van der Waals surface area (Å²) in [7, 11) is -4.58. The summed E-state index contributed by atoms with van der Waals surface area (Å²) in [6, 6.07) is 8.50. The fraction of sp³-hybridized carbons (Fsp3) is 0.208. The highest BCUT2D eigenvalue weighted by Crippen LogP contribution is 2.36. The number of pyridine rings is 2. The van der Waals surface area contributed by atoms with Crippen LogP contribution < -0.4 is 4.72 Å². The molecular weight excluding hydrogens is 517 g/mol. The third-order valence-electron chi connectivity index (χ3n) is 5.67. The molecule has 3 heterocycles. The number of sulfonamides is 1. The van der Waals surface area contributed by atoms with E-state index < -0.39 is 38.9 Å². The summed E-state index contributed by atoms with van der Waals surface area (Å²) in [5.74, 6) is -1.32. The smallest absolute Gasteiger partial charge is 0.291 e. The molecule has 0 saturated carbocycles. The van der Waals surface area contributed by atoms with Crippen molar-refractivity contribution in [3.8, 4) is 23.3 Å². The Kier molecular flexibility index (Phi) is 6.74. The Morgan fingerprint density at radius 3 is 2.46 bits per heavy atom. The first-order valence-electron chi connectivity index (χ1n) is 10.8. The summed E-state index contributed by atoms with van der Waals surface area (Å²) in [6.45, 7) is 2.39. The number of nitriles is 1. The molecule has 0 saturated heterocycles. The number of hydrogen-bond acceptors (Lipinski definition) is 5. The zero-order valence-corrected chi connectivity index (χ0v) is 20.1. The average Bonchev–Trinajstić information content (AvgIpc) is 3.15. The number of halogens is 5. The van der Waals surface area contributed by atoms with Crippen LogP contribution in [0.2, 0.25) is 0 Å². The van der Waals surface area contributed by atoms with E-state index >= 15 is 0 Å². The number of rotatable bonds is 6. The van der Waals surface area contributed by atoms with E-state index in [1.165, 1.54) is 39.6 Å². The van der Waals surface area contributed by atoms with Crippen molar-refractivity contribution >= 4 is 20.9 Å². The van der Waals surface area contributed by atoms with Gasteiger partial charge in [-0.2, -0.15) is 27.5 Å². The fourth-order valence-electron chi connectivity index (χ4n) is 3.78. The van der Waals surface area contributed by atoms with Crippen LogP contribution in [0, 0.1) is 23.1 Å². The molecule has 4 aromatic rings. The van der Waals surface area contributed by atoms with Gasteiger partial charge in [0, 0.05) is 11.6 Å². The molecule has 0 amide bonds. The quantitative estimate of drug-likeness (QED) is 0.276. The largest absolute Gasteiger partial charge is 0.404 e. The maximum Gasteiger partial charge on any atom is 0.404 e. The second-order valence-electron chi connectivity index (χ2n) is 8.07. The summed E-state index contributed by atoms with van der Waals surface area (Å²) in [5.41, 5.74) is 0.735. The predicted molar refractivity (Wildman–Crippen MR) is 124 cm³/mol. The highest BCUT2D eigenvalue weighted by Gasteiger charge is 2.39. The first kappa shape index (κ1) is 26.2. The second-order valence-corrected chi connectivity index (χ2v) is 9.78. The lowest BCUT2D eigenvalue weighted by molar-refractivity contribution is -0.147. The van der Waals surface area contributed by atoms with Crippen LogP contribution in [0.15, 0.2) is 53.6 Å². The summed E-state index contributed by atoms with van der Waals surface area (Å²) in [6.07, 6.45) is -3.64. The van der Waals surface area contributed by atoms with Gasteiger partial charge in [-0.1, -0.05) is 13.0 Å². The van der Waals surface area contributed by atoms with Crippen LogP contribution >= 0.6 is 0 Å². The highest BCUT2D eigenvalue weighted by molar-refractivity contribution is 7.89. The zero-order chi connectivity index (χ0) is 27.1. The van der Waals surface area contributed by atoms with Crippen molar-refractivity contribution in [2.45, 2.75) is 37.4 Å². The Morgan fingerprint density at radius 2 is 1.89 bits per heavy atom. The van der Waals surface area contributed by atoms with Crippen LogP contribution in [0.5, 0.6) is 0 Å². The zero-order valence-electron chi connectivity index (χ0n) is 19.3. The van der Waals surface area contributed by atoms with Crippen molar-refractivity contribution in [2.24, 2.45) is 0 Å². The Labute approximate surface area is 208 Å². The summed E-state index contributed by atoms with van der Waals surface area (Å²) in [4.78, 5) is 7.40. The maximum absolute atomic E-state index is 14.7. The average molecular weight is 535 g/mol. The van der Waals surface area contributed by atoms with Crippen LogP contribution in [0.25, 0.3) is 28.1 Å². The van der Waals surface area contributed by atoms with Crippen LogP contribution in [0.4, 0.5) is 22.0 Å². The molecule has 4 rings (SSSR count). The van der Waals surface area contributed by atoms with Crippen molar-refractivity contribution in [1.29, 1.82) is 5.26 Å². The summed E-state index contributed by atoms with van der Waals surface area (Å²) in [5, 5.41) is 10.1. The topological polar surface area (TPSA) is 101 Å². The van der Waals surface area contributed by atoms with E-state index in [4.69, 9.17) is 0 Å². The lowest BCUT2D eigenvalue weighted by Crippen LogP contribution is -2.42. The minimum atomic E-state index is -4.80. The normalized spacial score (nSPS) is 13.0. The number of benzene rings is 1. The van der Waals surface area contributed by atoms with Gasteiger partial charge in [0.25, 0.3) is 0 Å². The van der Waals surface area contributed by atoms with Gasteiger partial charge < -0.3 is 0 Å². The third-order valence-corrected chi connectivity index (χ3v) is 7.20. The van der Waals surface area contributed by atoms with E-state index in [0.717, 1.165) is 18.3 Å². The van der Waals surface area contributed by atoms with E-state index in [1.54, 1.807) is 6.92 Å². The second kappa shape index (κ2) is 9.53. The van der Waals surface area contributed by atoms with E-state index in [-0.39, 0.29) is 28.2 Å². The number of nitrogens with one attached hydrogen (secondary N) is 1. The Bertz CT molecular complexity index is 1640. The van der Waals surface area contributed by atoms with Crippen molar-refractivity contribution in [2.75, 3.05) is 0 Å². The lowest BCUT2D eigenvalue weighted by atomic mass is 10.1. The lowest BCUT2D eigenvalue weighted by Gasteiger charge is -2.17. The van der Waals surface area contributed by atoms with Gasteiger partial charge in [0.05, 0.1) is 22.5 Å². The van der Waals surface area contributed by atoms with Gasteiger partial charge in [-0.15, -0.1) is 0 Å². The van der Waals surface area contributed by atoms with Gasteiger partial charge in [-0.05, 0) is 55.3 Å². The SMILES string of the molecule is CCc1cc2c(cc1F)c(C#N)c(-c1ccc(S(=O)(=O)N[C@@H](C)C(F)(F)F)cn1)n2-c1cccc(F)n1. The molecule has 37 heavy (non-hydrogen) atoms. The first-order valence-corrected chi connectivity index (χ1v) is 12.3. The number of hydrogen-bond donors (Lipinski definition) is 1. The molecule has 0 aliphatic carbocycles. The molecule has 0 bridgehead atoms.